The lowest BCUT2D eigenvalue weighted by Gasteiger charge is -2.33. The van der Waals surface area contributed by atoms with Crippen LogP contribution in [0, 0.1) is 13.8 Å². The highest BCUT2D eigenvalue weighted by molar-refractivity contribution is 7.92. The van der Waals surface area contributed by atoms with E-state index in [0.717, 1.165) is 23.3 Å². The van der Waals surface area contributed by atoms with Gasteiger partial charge < -0.3 is 10.2 Å². The zero-order valence-corrected chi connectivity index (χ0v) is 26.4. The molecular weight excluding hydrogens is 603 g/mol. The van der Waals surface area contributed by atoms with Crippen molar-refractivity contribution >= 4 is 39.1 Å². The van der Waals surface area contributed by atoms with E-state index in [2.05, 4.69) is 5.32 Å². The predicted octanol–water partition coefficient (Wildman–Crippen LogP) is 6.50. The van der Waals surface area contributed by atoms with Crippen LogP contribution in [0.5, 0.6) is 0 Å². The number of aryl methyl sites for hydroxylation is 2. The Labute approximate surface area is 255 Å². The fourth-order valence-electron chi connectivity index (χ4n) is 4.32. The Balaban J connectivity index is 2.13. The van der Waals surface area contributed by atoms with Gasteiger partial charge in [-0.15, -0.1) is 0 Å². The van der Waals surface area contributed by atoms with Crippen molar-refractivity contribution in [1.29, 1.82) is 0 Å². The third-order valence-corrected chi connectivity index (χ3v) is 8.65. The van der Waals surface area contributed by atoms with Crippen LogP contribution in [0.2, 0.25) is 5.02 Å². The lowest BCUT2D eigenvalue weighted by atomic mass is 10.1. The Bertz CT molecular complexity index is 1590. The molecule has 0 unspecified atom stereocenters. The van der Waals surface area contributed by atoms with Crippen LogP contribution >= 0.6 is 11.6 Å². The Kier molecular flexibility index (Phi) is 10.2. The largest absolute Gasteiger partial charge is 0.417 e. The molecule has 0 heterocycles. The molecule has 7 nitrogen and oxygen atoms in total. The van der Waals surface area contributed by atoms with Crippen molar-refractivity contribution in [2.75, 3.05) is 10.8 Å². The number of halogens is 4. The van der Waals surface area contributed by atoms with Gasteiger partial charge in [-0.3, -0.25) is 13.9 Å². The summed E-state index contributed by atoms with van der Waals surface area (Å²) in [6, 6.07) is 14.5. The van der Waals surface area contributed by atoms with Gasteiger partial charge in [-0.2, -0.15) is 13.2 Å². The molecule has 0 aromatic heterocycles. The summed E-state index contributed by atoms with van der Waals surface area (Å²) in [5.74, 6) is -1.27. The highest BCUT2D eigenvalue weighted by Crippen LogP contribution is 2.38. The van der Waals surface area contributed by atoms with Gasteiger partial charge in [0.1, 0.15) is 12.6 Å². The van der Waals surface area contributed by atoms with Crippen LogP contribution in [-0.4, -0.2) is 43.3 Å². The number of nitrogens with one attached hydrogen (secondary N) is 1. The van der Waals surface area contributed by atoms with Crippen LogP contribution < -0.4 is 9.62 Å². The summed E-state index contributed by atoms with van der Waals surface area (Å²) in [4.78, 5) is 28.2. The lowest BCUT2D eigenvalue weighted by Crippen LogP contribution is -2.54. The fourth-order valence-corrected chi connectivity index (χ4v) is 5.95. The van der Waals surface area contributed by atoms with E-state index in [-0.39, 0.29) is 11.4 Å². The molecule has 3 rings (SSSR count). The number of benzene rings is 3. The molecule has 0 spiro atoms. The third-order valence-electron chi connectivity index (χ3n) is 6.53. The summed E-state index contributed by atoms with van der Waals surface area (Å²) in [7, 11) is -4.55. The lowest BCUT2D eigenvalue weighted by molar-refractivity contribution is -0.140. The molecule has 0 saturated carbocycles. The van der Waals surface area contributed by atoms with E-state index < -0.39 is 62.4 Å². The van der Waals surface area contributed by atoms with Crippen LogP contribution in [0.4, 0.5) is 18.9 Å². The summed E-state index contributed by atoms with van der Waals surface area (Å²) < 4.78 is 69.8. The van der Waals surface area contributed by atoms with Crippen LogP contribution in [-0.2, 0) is 32.3 Å². The minimum absolute atomic E-state index is 0.0495. The maximum Gasteiger partial charge on any atom is 0.417 e. The Morgan fingerprint density at radius 3 is 2.12 bits per heavy atom. The Hall–Kier alpha value is -3.57. The molecule has 2 amide bonds. The number of rotatable bonds is 9. The minimum atomic E-state index is -4.88. The van der Waals surface area contributed by atoms with Gasteiger partial charge in [0.05, 0.1) is 21.2 Å². The van der Waals surface area contributed by atoms with Gasteiger partial charge in [0.15, 0.2) is 0 Å². The molecule has 12 heteroatoms. The smallest absolute Gasteiger partial charge is 0.350 e. The number of hydrogen-bond donors (Lipinski definition) is 1. The zero-order valence-electron chi connectivity index (χ0n) is 24.8. The van der Waals surface area contributed by atoms with Gasteiger partial charge in [0.25, 0.3) is 10.0 Å². The number of anilines is 1. The van der Waals surface area contributed by atoms with Gasteiger partial charge in [0, 0.05) is 12.1 Å². The molecule has 0 aliphatic rings. The van der Waals surface area contributed by atoms with E-state index in [1.165, 1.54) is 24.0 Å². The summed E-state index contributed by atoms with van der Waals surface area (Å²) >= 11 is 5.81. The van der Waals surface area contributed by atoms with E-state index in [0.29, 0.717) is 15.9 Å². The summed E-state index contributed by atoms with van der Waals surface area (Å²) in [5, 5.41) is 2.20. The van der Waals surface area contributed by atoms with Gasteiger partial charge in [-0.1, -0.05) is 59.1 Å². The van der Waals surface area contributed by atoms with Crippen molar-refractivity contribution in [1.82, 2.24) is 10.2 Å². The first kappa shape index (κ1) is 33.9. The minimum Gasteiger partial charge on any atom is -0.350 e. The summed E-state index contributed by atoms with van der Waals surface area (Å²) in [5.41, 5.74) is 0.0615. The number of carbonyl (C=O) groups excluding carboxylic acids is 2. The number of sulfonamides is 1. The maximum atomic E-state index is 14.0. The monoisotopic (exact) mass is 637 g/mol. The molecule has 0 aliphatic heterocycles. The first-order chi connectivity index (χ1) is 19.8. The average molecular weight is 638 g/mol. The van der Waals surface area contributed by atoms with E-state index in [9.17, 15) is 31.2 Å². The second-order valence-corrected chi connectivity index (χ2v) is 13.7. The standard InChI is InChI=1S/C31H35ClF3N3O4S/c1-20-10-13-25(14-11-20)43(41,42)38(24-12-15-27(32)26(17-24)31(33,34)35)19-28(39)37(18-23-9-7-8-21(2)16-23)22(3)29(40)36-30(4,5)6/h7-17,22H,18-19H2,1-6H3,(H,36,40)/t22-/m0/s1. The molecule has 0 fully saturated rings. The first-order valence-electron chi connectivity index (χ1n) is 13.4. The highest BCUT2D eigenvalue weighted by Gasteiger charge is 2.37. The Morgan fingerprint density at radius 2 is 1.56 bits per heavy atom. The third kappa shape index (κ3) is 8.73. The topological polar surface area (TPSA) is 86.8 Å². The molecule has 43 heavy (non-hydrogen) atoms. The van der Waals surface area contributed by atoms with Crippen LogP contribution in [0.3, 0.4) is 0 Å². The second-order valence-electron chi connectivity index (χ2n) is 11.4. The molecule has 1 N–H and O–H groups in total. The fraction of sp³-hybridized carbons (Fsp3) is 0.355. The number of hydrogen-bond acceptors (Lipinski definition) is 4. The number of amides is 2. The van der Waals surface area contributed by atoms with Gasteiger partial charge in [0.2, 0.25) is 11.8 Å². The molecular formula is C31H35ClF3N3O4S. The van der Waals surface area contributed by atoms with Crippen molar-refractivity contribution in [2.24, 2.45) is 0 Å². The predicted molar refractivity (Wildman–Crippen MR) is 161 cm³/mol. The number of carbonyl (C=O) groups is 2. The SMILES string of the molecule is Cc1ccc(S(=O)(=O)N(CC(=O)N(Cc2cccc(C)c2)[C@@H](C)C(=O)NC(C)(C)C)c2ccc(Cl)c(C(F)(F)F)c2)cc1. The molecule has 0 bridgehead atoms. The van der Waals surface area contributed by atoms with Crippen molar-refractivity contribution < 1.29 is 31.2 Å². The summed E-state index contributed by atoms with van der Waals surface area (Å²) in [6.45, 7) is 9.52. The molecule has 3 aromatic rings. The van der Waals surface area contributed by atoms with Gasteiger partial charge in [-0.25, -0.2) is 8.42 Å². The summed E-state index contributed by atoms with van der Waals surface area (Å²) in [6.07, 6.45) is -4.88. The molecule has 3 aromatic carbocycles. The van der Waals surface area contributed by atoms with Crippen molar-refractivity contribution in [3.05, 3.63) is 94.0 Å². The molecule has 0 radical (unpaired) electrons. The normalized spacial score (nSPS) is 12.9. The van der Waals surface area contributed by atoms with Gasteiger partial charge >= 0.3 is 6.18 Å². The quantitative estimate of drug-likeness (QED) is 0.290. The zero-order chi connectivity index (χ0) is 32.3. The van der Waals surface area contributed by atoms with Gasteiger partial charge in [-0.05, 0) is 77.4 Å². The van der Waals surface area contributed by atoms with E-state index >= 15 is 0 Å². The second kappa shape index (κ2) is 13.0. The maximum absolute atomic E-state index is 14.0. The average Bonchev–Trinajstić information content (AvgIpc) is 2.89. The van der Waals surface area contributed by atoms with Crippen LogP contribution in [0.1, 0.15) is 49.9 Å². The van der Waals surface area contributed by atoms with Crippen molar-refractivity contribution in [3.8, 4) is 0 Å². The van der Waals surface area contributed by atoms with Crippen LogP contribution in [0.15, 0.2) is 71.6 Å². The molecule has 0 aliphatic carbocycles. The highest BCUT2D eigenvalue weighted by atomic mass is 35.5. The molecule has 1 atom stereocenters. The van der Waals surface area contributed by atoms with Crippen molar-refractivity contribution in [3.63, 3.8) is 0 Å². The van der Waals surface area contributed by atoms with Crippen molar-refractivity contribution in [2.45, 2.75) is 70.7 Å². The number of nitrogens with zero attached hydrogens (tertiary/aromatic N) is 2. The first-order valence-corrected chi connectivity index (χ1v) is 15.2. The Morgan fingerprint density at radius 1 is 0.930 bits per heavy atom. The number of alkyl halides is 3. The van der Waals surface area contributed by atoms with E-state index in [1.54, 1.807) is 52.0 Å². The van der Waals surface area contributed by atoms with E-state index in [1.807, 2.05) is 19.1 Å². The molecule has 232 valence electrons. The van der Waals surface area contributed by atoms with E-state index in [4.69, 9.17) is 11.6 Å². The van der Waals surface area contributed by atoms with Crippen LogP contribution in [0.25, 0.3) is 0 Å². The molecule has 0 saturated heterocycles.